The maximum atomic E-state index is 12.3. The molecule has 8 heterocycles. The third-order valence-corrected chi connectivity index (χ3v) is 13.2. The molecule has 4 fully saturated rings. The highest BCUT2D eigenvalue weighted by Crippen LogP contribution is 2.44. The molecule has 4 N–H and O–H groups in total. The molecule has 0 aliphatic carbocycles. The minimum Gasteiger partial charge on any atom is -0.487 e. The smallest absolute Gasteiger partial charge is 0.410 e. The number of ether oxygens (including phenoxy) is 3. The molecule has 4 aliphatic rings. The quantitative estimate of drug-likeness (QED) is 0.134. The van der Waals surface area contributed by atoms with Gasteiger partial charge in [0.15, 0.2) is 5.06 Å². The Morgan fingerprint density at radius 2 is 1.38 bits per heavy atom. The first-order chi connectivity index (χ1) is 26.6. The molecule has 16 heteroatoms. The summed E-state index contributed by atoms with van der Waals surface area (Å²) in [6, 6.07) is 12.8. The summed E-state index contributed by atoms with van der Waals surface area (Å²) in [5.41, 5.74) is 9.04. The highest BCUT2D eigenvalue weighted by molar-refractivity contribution is 7.17. The van der Waals surface area contributed by atoms with E-state index in [-0.39, 0.29) is 49.6 Å². The number of amides is 2. The minimum absolute atomic E-state index is 0.196. The molecule has 4 aliphatic heterocycles. The van der Waals surface area contributed by atoms with Gasteiger partial charge in [-0.1, -0.05) is 59.8 Å². The van der Waals surface area contributed by atoms with Crippen molar-refractivity contribution in [2.45, 2.75) is 100 Å². The minimum atomic E-state index is -0.208. The van der Waals surface area contributed by atoms with Crippen molar-refractivity contribution < 1.29 is 23.8 Å². The number of nitrogens with one attached hydrogen (secondary N) is 2. The average Bonchev–Trinajstić information content (AvgIpc) is 4.06. The van der Waals surface area contributed by atoms with Crippen LogP contribution in [-0.2, 0) is 22.3 Å². The van der Waals surface area contributed by atoms with Crippen LogP contribution in [0.5, 0.6) is 5.06 Å². The van der Waals surface area contributed by atoms with Crippen LogP contribution < -0.4 is 10.5 Å². The Balaban J connectivity index is 0.000000160. The van der Waals surface area contributed by atoms with Crippen LogP contribution in [0.4, 0.5) is 15.4 Å². The summed E-state index contributed by atoms with van der Waals surface area (Å²) in [5.74, 6) is 1.34. The molecule has 4 unspecified atom stereocenters. The van der Waals surface area contributed by atoms with Crippen LogP contribution in [0, 0.1) is 0 Å². The number of methoxy groups -OCH3 is 1. The molecule has 4 bridgehead atoms. The van der Waals surface area contributed by atoms with Crippen LogP contribution >= 0.6 is 45.9 Å². The number of carbonyl (C=O) groups excluding carboxylic acids is 2. The van der Waals surface area contributed by atoms with Gasteiger partial charge in [0.25, 0.3) is 0 Å². The number of rotatable bonds is 10. The average molecular weight is 831 g/mol. The molecule has 296 valence electrons. The number of H-pyrrole nitrogens is 2. The van der Waals surface area contributed by atoms with E-state index in [1.54, 1.807) is 30.6 Å². The maximum Gasteiger partial charge on any atom is 0.410 e. The van der Waals surface area contributed by atoms with Gasteiger partial charge in [-0.15, -0.1) is 11.3 Å². The zero-order valence-electron chi connectivity index (χ0n) is 31.0. The number of nitrogen functional groups attached to an aromatic ring is 1. The SMILES string of the molecule is C=CCOC(=O)N1C2CCC1CC(c1cc(CCc3ccc(Cl)s3)[nH]n1)C2.C=CCOC(=O)N1C2CCC1CC(c1cc(N)n[nH]1)C2.COc1ccc(Cl)s1. The van der Waals surface area contributed by atoms with Crippen LogP contribution in [0.3, 0.4) is 0 Å². The van der Waals surface area contributed by atoms with Gasteiger partial charge >= 0.3 is 12.2 Å². The number of hydrogen-bond acceptors (Lipinski definition) is 10. The number of nitrogens with two attached hydrogens (primary N) is 1. The standard InChI is InChI=1S/C20H24ClN3O2S.C14H20N4O2.C5H5ClOS/c1-2-9-26-20(25)24-15-4-5-16(24)11-13(10-15)18-12-14(22-23-18)3-6-17-7-8-19(21)27-17;1-2-5-20-14(19)18-10-3-4-11(18)7-9(6-10)12-8-13(15)17-16-12;1-7-5-3-2-4(6)8-5/h2,7-8,12-13,15-16H,1,3-6,9-11H2,(H,22,23);2,8-11H,1,3-7H2,(H3,15,16,17);2-3H,1H3. The van der Waals surface area contributed by atoms with Crippen LogP contribution in [0.15, 0.2) is 61.7 Å². The summed E-state index contributed by atoms with van der Waals surface area (Å²) in [7, 11) is 1.63. The van der Waals surface area contributed by atoms with Crippen LogP contribution in [0.25, 0.3) is 0 Å². The van der Waals surface area contributed by atoms with E-state index in [9.17, 15) is 9.59 Å². The molecule has 2 amide bonds. The molecular weight excluding hydrogens is 782 g/mol. The Morgan fingerprint density at radius 3 is 1.84 bits per heavy atom. The number of carbonyl (C=O) groups is 2. The van der Waals surface area contributed by atoms with Gasteiger partial charge in [0.1, 0.15) is 19.0 Å². The fraction of sp³-hybridized carbons (Fsp3) is 0.487. The Labute approximate surface area is 340 Å². The molecular formula is C39H49Cl2N7O5S2. The summed E-state index contributed by atoms with van der Waals surface area (Å²) < 4.78 is 16.9. The van der Waals surface area contributed by atoms with E-state index in [1.165, 1.54) is 16.2 Å². The predicted molar refractivity (Wildman–Crippen MR) is 219 cm³/mol. The molecule has 55 heavy (non-hydrogen) atoms. The summed E-state index contributed by atoms with van der Waals surface area (Å²) >= 11 is 14.6. The largest absolute Gasteiger partial charge is 0.487 e. The summed E-state index contributed by atoms with van der Waals surface area (Å²) in [6.07, 6.45) is 12.7. The number of aromatic nitrogens is 4. The number of aromatic amines is 2. The number of fused-ring (bicyclic) bond motifs is 4. The van der Waals surface area contributed by atoms with E-state index in [0.29, 0.717) is 17.7 Å². The van der Waals surface area contributed by atoms with E-state index >= 15 is 0 Å². The molecule has 0 saturated carbocycles. The third-order valence-electron chi connectivity index (χ3n) is 10.7. The van der Waals surface area contributed by atoms with Crippen LogP contribution in [-0.4, -0.2) is 86.9 Å². The van der Waals surface area contributed by atoms with E-state index in [4.69, 9.17) is 43.1 Å². The second-order valence-electron chi connectivity index (χ2n) is 14.2. The molecule has 0 spiro atoms. The Hall–Kier alpha value is -3.98. The molecule has 12 nitrogen and oxygen atoms in total. The number of aryl methyl sites for hydroxylation is 2. The zero-order chi connectivity index (χ0) is 38.9. The summed E-state index contributed by atoms with van der Waals surface area (Å²) in [6.45, 7) is 7.72. The summed E-state index contributed by atoms with van der Waals surface area (Å²) in [4.78, 5) is 29.6. The van der Waals surface area contributed by atoms with Gasteiger partial charge in [-0.3, -0.25) is 10.2 Å². The molecule has 4 atom stereocenters. The first-order valence-electron chi connectivity index (χ1n) is 18.7. The van der Waals surface area contributed by atoms with Crippen molar-refractivity contribution >= 4 is 63.9 Å². The van der Waals surface area contributed by atoms with E-state index in [1.807, 2.05) is 34.1 Å². The van der Waals surface area contributed by atoms with Crippen molar-refractivity contribution in [3.05, 3.63) is 92.3 Å². The number of piperidine rings is 2. The van der Waals surface area contributed by atoms with Gasteiger partial charge < -0.3 is 29.7 Å². The Bertz CT molecular complexity index is 1870. The van der Waals surface area contributed by atoms with Gasteiger partial charge in [-0.2, -0.15) is 10.2 Å². The normalized spacial score (nSPS) is 23.5. The monoisotopic (exact) mass is 829 g/mol. The number of thiophene rings is 2. The second-order valence-corrected chi connectivity index (χ2v) is 17.7. The van der Waals surface area contributed by atoms with Crippen molar-refractivity contribution in [1.82, 2.24) is 30.2 Å². The summed E-state index contributed by atoms with van der Waals surface area (Å²) in [5, 5.41) is 15.6. The van der Waals surface area contributed by atoms with Gasteiger partial charge in [0.2, 0.25) is 0 Å². The Kier molecular flexibility index (Phi) is 14.2. The number of anilines is 1. The molecule has 8 rings (SSSR count). The zero-order valence-corrected chi connectivity index (χ0v) is 34.1. The lowest BCUT2D eigenvalue weighted by Crippen LogP contribution is -2.46. The number of halogens is 2. The van der Waals surface area contributed by atoms with Crippen molar-refractivity contribution in [2.75, 3.05) is 26.1 Å². The van der Waals surface area contributed by atoms with Crippen molar-refractivity contribution in [3.8, 4) is 5.06 Å². The maximum absolute atomic E-state index is 12.3. The van der Waals surface area contributed by atoms with Gasteiger partial charge in [-0.25, -0.2) is 9.59 Å². The fourth-order valence-electron chi connectivity index (χ4n) is 8.29. The highest BCUT2D eigenvalue weighted by atomic mass is 35.5. The highest BCUT2D eigenvalue weighted by Gasteiger charge is 2.46. The van der Waals surface area contributed by atoms with Crippen molar-refractivity contribution in [3.63, 3.8) is 0 Å². The number of hydrogen-bond donors (Lipinski definition) is 3. The molecule has 4 aromatic heterocycles. The van der Waals surface area contributed by atoms with Crippen molar-refractivity contribution in [2.24, 2.45) is 0 Å². The number of nitrogens with zero attached hydrogens (tertiary/aromatic N) is 4. The van der Waals surface area contributed by atoms with Gasteiger partial charge in [0.05, 0.1) is 21.5 Å². The van der Waals surface area contributed by atoms with Crippen LogP contribution in [0.2, 0.25) is 8.67 Å². The van der Waals surface area contributed by atoms with Gasteiger partial charge in [0, 0.05) is 58.3 Å². The van der Waals surface area contributed by atoms with E-state index in [0.717, 1.165) is 95.0 Å². The topological polar surface area (TPSA) is 152 Å². The van der Waals surface area contributed by atoms with E-state index < -0.39 is 0 Å². The Morgan fingerprint density at radius 1 is 0.818 bits per heavy atom. The lowest BCUT2D eigenvalue weighted by Gasteiger charge is -2.37. The lowest BCUT2D eigenvalue weighted by atomic mass is 9.88. The van der Waals surface area contributed by atoms with Gasteiger partial charge in [-0.05, 0) is 94.5 Å². The molecule has 4 aromatic rings. The molecule has 0 radical (unpaired) electrons. The fourth-order valence-corrected chi connectivity index (χ4v) is 10.2. The second kappa shape index (κ2) is 19.2. The first kappa shape index (κ1) is 40.7. The molecule has 0 aromatic carbocycles. The first-order valence-corrected chi connectivity index (χ1v) is 21.0. The molecule has 4 saturated heterocycles. The van der Waals surface area contributed by atoms with Crippen molar-refractivity contribution in [1.29, 1.82) is 0 Å². The van der Waals surface area contributed by atoms with E-state index in [2.05, 4.69) is 45.7 Å². The lowest BCUT2D eigenvalue weighted by molar-refractivity contribution is 0.0716. The van der Waals surface area contributed by atoms with Crippen LogP contribution in [0.1, 0.15) is 85.2 Å². The third kappa shape index (κ3) is 10.5. The predicted octanol–water partition coefficient (Wildman–Crippen LogP) is 9.38.